The van der Waals surface area contributed by atoms with Crippen molar-refractivity contribution < 1.29 is 24.2 Å². The molecule has 1 rings (SSSR count). The first kappa shape index (κ1) is 16.2. The van der Waals surface area contributed by atoms with Crippen LogP contribution in [0.4, 0.5) is 4.79 Å². The molecular weight excluding hydrogens is 266 g/mol. The summed E-state index contributed by atoms with van der Waals surface area (Å²) in [5.41, 5.74) is 4.90. The zero-order chi connectivity index (χ0) is 15.0. The Labute approximate surface area is 117 Å². The minimum atomic E-state index is -0.903. The largest absolute Gasteiger partial charge is 0.481 e. The summed E-state index contributed by atoms with van der Waals surface area (Å²) >= 11 is 0. The molecule has 1 heterocycles. The second kappa shape index (κ2) is 8.36. The summed E-state index contributed by atoms with van der Waals surface area (Å²) in [6.45, 7) is 0.821. The van der Waals surface area contributed by atoms with Crippen LogP contribution in [-0.2, 0) is 14.3 Å². The second-order valence-corrected chi connectivity index (χ2v) is 4.69. The lowest BCUT2D eigenvalue weighted by Gasteiger charge is -2.34. The molecule has 0 saturated carbocycles. The molecule has 1 aliphatic rings. The first-order valence-electron chi connectivity index (χ1n) is 6.63. The van der Waals surface area contributed by atoms with Gasteiger partial charge in [-0.2, -0.15) is 0 Å². The van der Waals surface area contributed by atoms with Crippen molar-refractivity contribution in [3.05, 3.63) is 0 Å². The Balaban J connectivity index is 2.31. The number of nitrogens with zero attached hydrogens (tertiary/aromatic N) is 1. The van der Waals surface area contributed by atoms with Crippen molar-refractivity contribution in [3.63, 3.8) is 0 Å². The first-order valence-corrected chi connectivity index (χ1v) is 6.63. The highest BCUT2D eigenvalue weighted by atomic mass is 16.5. The minimum absolute atomic E-state index is 0.0361. The summed E-state index contributed by atoms with van der Waals surface area (Å²) in [6.07, 6.45) is 2.48. The van der Waals surface area contributed by atoms with E-state index in [0.29, 0.717) is 13.0 Å². The molecule has 0 aromatic heterocycles. The Morgan fingerprint density at radius 2 is 2.10 bits per heavy atom. The number of carboxylic acids is 1. The van der Waals surface area contributed by atoms with Crippen LogP contribution in [0.3, 0.4) is 0 Å². The van der Waals surface area contributed by atoms with Crippen molar-refractivity contribution in [1.29, 1.82) is 0 Å². The smallest absolute Gasteiger partial charge is 0.317 e. The van der Waals surface area contributed by atoms with Crippen molar-refractivity contribution in [3.8, 4) is 0 Å². The number of piperidine rings is 1. The molecule has 0 radical (unpaired) electrons. The Hall–Kier alpha value is -1.83. The fraction of sp³-hybridized carbons (Fsp3) is 0.750. The molecule has 1 aliphatic heterocycles. The van der Waals surface area contributed by atoms with Crippen LogP contribution in [0.15, 0.2) is 0 Å². The monoisotopic (exact) mass is 287 g/mol. The van der Waals surface area contributed by atoms with E-state index < -0.39 is 11.9 Å². The van der Waals surface area contributed by atoms with E-state index in [1.54, 1.807) is 4.90 Å². The molecule has 8 nitrogen and oxygen atoms in total. The second-order valence-electron chi connectivity index (χ2n) is 4.69. The van der Waals surface area contributed by atoms with Crippen molar-refractivity contribution in [2.45, 2.75) is 31.7 Å². The van der Waals surface area contributed by atoms with E-state index in [1.807, 2.05) is 0 Å². The number of carbonyl (C=O) groups excluding carboxylic acids is 2. The van der Waals surface area contributed by atoms with Gasteiger partial charge in [0.15, 0.2) is 0 Å². The predicted molar refractivity (Wildman–Crippen MR) is 70.0 cm³/mol. The molecule has 1 saturated heterocycles. The van der Waals surface area contributed by atoms with E-state index >= 15 is 0 Å². The van der Waals surface area contributed by atoms with Gasteiger partial charge in [0.1, 0.15) is 6.61 Å². The van der Waals surface area contributed by atoms with Gasteiger partial charge in [-0.05, 0) is 19.3 Å². The SMILES string of the molecule is NC(=O)COCCNC(=O)N1CCCCC1CC(=O)O. The van der Waals surface area contributed by atoms with Gasteiger partial charge in [-0.15, -0.1) is 0 Å². The topological polar surface area (TPSA) is 122 Å². The molecule has 1 atom stereocenters. The van der Waals surface area contributed by atoms with E-state index in [-0.39, 0.29) is 38.3 Å². The van der Waals surface area contributed by atoms with Crippen LogP contribution >= 0.6 is 0 Å². The normalized spacial score (nSPS) is 18.6. The van der Waals surface area contributed by atoms with Gasteiger partial charge in [0.25, 0.3) is 0 Å². The third kappa shape index (κ3) is 5.87. The third-order valence-electron chi connectivity index (χ3n) is 3.07. The molecule has 0 aliphatic carbocycles. The first-order chi connectivity index (χ1) is 9.50. The van der Waals surface area contributed by atoms with Crippen molar-refractivity contribution >= 4 is 17.9 Å². The Kier molecular flexibility index (Phi) is 6.78. The molecule has 1 unspecified atom stereocenters. The Morgan fingerprint density at radius 3 is 2.75 bits per heavy atom. The quantitative estimate of drug-likeness (QED) is 0.546. The molecule has 0 aromatic rings. The minimum Gasteiger partial charge on any atom is -0.481 e. The number of aliphatic carboxylic acids is 1. The van der Waals surface area contributed by atoms with E-state index in [2.05, 4.69) is 5.32 Å². The van der Waals surface area contributed by atoms with Gasteiger partial charge in [-0.1, -0.05) is 0 Å². The van der Waals surface area contributed by atoms with E-state index in [1.165, 1.54) is 0 Å². The lowest BCUT2D eigenvalue weighted by molar-refractivity contribution is -0.138. The van der Waals surface area contributed by atoms with Crippen LogP contribution in [0.5, 0.6) is 0 Å². The molecule has 8 heteroatoms. The maximum atomic E-state index is 12.0. The number of primary amides is 1. The van der Waals surface area contributed by atoms with Crippen LogP contribution in [0.2, 0.25) is 0 Å². The van der Waals surface area contributed by atoms with Crippen molar-refractivity contribution in [2.75, 3.05) is 26.3 Å². The zero-order valence-corrected chi connectivity index (χ0v) is 11.3. The molecule has 0 spiro atoms. The fourth-order valence-electron chi connectivity index (χ4n) is 2.19. The number of nitrogens with two attached hydrogens (primary N) is 1. The number of carboxylic acid groups (broad SMARTS) is 1. The van der Waals surface area contributed by atoms with Crippen LogP contribution in [0.1, 0.15) is 25.7 Å². The van der Waals surface area contributed by atoms with E-state index in [0.717, 1.165) is 12.8 Å². The van der Waals surface area contributed by atoms with Crippen LogP contribution in [0.25, 0.3) is 0 Å². The molecule has 4 N–H and O–H groups in total. The van der Waals surface area contributed by atoms with Crippen molar-refractivity contribution in [2.24, 2.45) is 5.73 Å². The number of amides is 3. The number of nitrogens with one attached hydrogen (secondary N) is 1. The van der Waals surface area contributed by atoms with Crippen LogP contribution in [0, 0.1) is 0 Å². The lowest BCUT2D eigenvalue weighted by atomic mass is 10.00. The summed E-state index contributed by atoms with van der Waals surface area (Å²) < 4.78 is 4.92. The summed E-state index contributed by atoms with van der Waals surface area (Å²) in [5.74, 6) is -1.46. The van der Waals surface area contributed by atoms with Gasteiger partial charge >= 0.3 is 12.0 Å². The Bertz CT molecular complexity index is 361. The standard InChI is InChI=1S/C12H21N3O5/c13-10(16)8-20-6-4-14-12(19)15-5-2-1-3-9(15)7-11(17)18/h9H,1-8H2,(H2,13,16)(H,14,19)(H,17,18). The zero-order valence-electron chi connectivity index (χ0n) is 11.3. The van der Waals surface area contributed by atoms with Gasteiger partial charge in [0.05, 0.1) is 13.0 Å². The molecule has 3 amide bonds. The fourth-order valence-corrected chi connectivity index (χ4v) is 2.19. The van der Waals surface area contributed by atoms with Gasteiger partial charge in [0.2, 0.25) is 5.91 Å². The molecule has 20 heavy (non-hydrogen) atoms. The van der Waals surface area contributed by atoms with Crippen LogP contribution in [-0.4, -0.2) is 60.3 Å². The number of urea groups is 1. The van der Waals surface area contributed by atoms with Crippen LogP contribution < -0.4 is 11.1 Å². The average molecular weight is 287 g/mol. The summed E-state index contributed by atoms with van der Waals surface area (Å²) in [7, 11) is 0. The summed E-state index contributed by atoms with van der Waals surface area (Å²) in [4.78, 5) is 34.7. The number of carbonyl (C=O) groups is 3. The maximum Gasteiger partial charge on any atom is 0.317 e. The predicted octanol–water partition coefficient (Wildman–Crippen LogP) is -0.473. The third-order valence-corrected chi connectivity index (χ3v) is 3.07. The van der Waals surface area contributed by atoms with Crippen molar-refractivity contribution in [1.82, 2.24) is 10.2 Å². The number of hydrogen-bond acceptors (Lipinski definition) is 4. The van der Waals surface area contributed by atoms with Gasteiger partial charge in [-0.25, -0.2) is 4.79 Å². The highest BCUT2D eigenvalue weighted by Crippen LogP contribution is 2.19. The number of ether oxygens (including phenoxy) is 1. The molecular formula is C12H21N3O5. The van der Waals surface area contributed by atoms with E-state index in [9.17, 15) is 14.4 Å². The number of rotatable bonds is 7. The average Bonchev–Trinajstić information content (AvgIpc) is 2.37. The molecule has 0 bridgehead atoms. The number of hydrogen-bond donors (Lipinski definition) is 3. The Morgan fingerprint density at radius 1 is 1.35 bits per heavy atom. The molecule has 1 fully saturated rings. The number of likely N-dealkylation sites (tertiary alicyclic amines) is 1. The lowest BCUT2D eigenvalue weighted by Crippen LogP contribution is -2.50. The van der Waals surface area contributed by atoms with Gasteiger partial charge in [-0.3, -0.25) is 9.59 Å². The van der Waals surface area contributed by atoms with Gasteiger partial charge < -0.3 is 25.8 Å². The molecule has 114 valence electrons. The highest BCUT2D eigenvalue weighted by Gasteiger charge is 2.28. The van der Waals surface area contributed by atoms with Gasteiger partial charge in [0, 0.05) is 19.1 Å². The summed E-state index contributed by atoms with van der Waals surface area (Å²) in [5, 5.41) is 11.5. The summed E-state index contributed by atoms with van der Waals surface area (Å²) in [6, 6.07) is -0.550. The highest BCUT2D eigenvalue weighted by molar-refractivity contribution is 5.76. The molecule has 0 aromatic carbocycles. The maximum absolute atomic E-state index is 12.0. The van der Waals surface area contributed by atoms with E-state index in [4.69, 9.17) is 15.6 Å².